The maximum Gasteiger partial charge on any atom is 0.316 e. The van der Waals surface area contributed by atoms with Crippen LogP contribution in [-0.2, 0) is 0 Å². The fourth-order valence-corrected chi connectivity index (χ4v) is 2.29. The van der Waals surface area contributed by atoms with E-state index in [0.29, 0.717) is 5.69 Å². The zero-order chi connectivity index (χ0) is 15.1. The Bertz CT molecular complexity index is 566. The number of rotatable bonds is 6. The van der Waals surface area contributed by atoms with Gasteiger partial charge < -0.3 is 16.4 Å². The van der Waals surface area contributed by atoms with Crippen molar-refractivity contribution in [3.05, 3.63) is 60.2 Å². The zero-order valence-electron chi connectivity index (χ0n) is 12.2. The van der Waals surface area contributed by atoms with E-state index in [0.717, 1.165) is 18.5 Å². The highest BCUT2D eigenvalue weighted by molar-refractivity contribution is 5.87. The van der Waals surface area contributed by atoms with Crippen molar-refractivity contribution in [3.8, 4) is 0 Å². The standard InChI is InChI=1S/C17H21N3O/c1-2-6-16(13-7-4-3-5-8-13)19-14-9-11-15(12-10-14)20-17(18)21/h3-5,7-12,16,19H,2,6H2,1H3,(H3,18,20,21). The van der Waals surface area contributed by atoms with Gasteiger partial charge >= 0.3 is 6.03 Å². The molecule has 0 heterocycles. The molecule has 4 nitrogen and oxygen atoms in total. The van der Waals surface area contributed by atoms with Crippen LogP contribution in [0.1, 0.15) is 31.4 Å². The van der Waals surface area contributed by atoms with Gasteiger partial charge in [0.15, 0.2) is 0 Å². The van der Waals surface area contributed by atoms with Crippen LogP contribution in [0.3, 0.4) is 0 Å². The van der Waals surface area contributed by atoms with E-state index in [9.17, 15) is 4.79 Å². The van der Waals surface area contributed by atoms with E-state index in [1.165, 1.54) is 5.56 Å². The highest BCUT2D eigenvalue weighted by Gasteiger charge is 2.09. The first-order chi connectivity index (χ1) is 10.2. The Morgan fingerprint density at radius 3 is 2.24 bits per heavy atom. The zero-order valence-corrected chi connectivity index (χ0v) is 12.2. The molecule has 0 saturated heterocycles. The van der Waals surface area contributed by atoms with Crippen molar-refractivity contribution < 1.29 is 4.79 Å². The number of anilines is 2. The minimum Gasteiger partial charge on any atom is -0.378 e. The van der Waals surface area contributed by atoms with E-state index in [2.05, 4.69) is 41.8 Å². The number of carbonyl (C=O) groups excluding carboxylic acids is 1. The Morgan fingerprint density at radius 2 is 1.67 bits per heavy atom. The van der Waals surface area contributed by atoms with Gasteiger partial charge in [0.1, 0.15) is 0 Å². The van der Waals surface area contributed by atoms with Crippen LogP contribution in [0.25, 0.3) is 0 Å². The van der Waals surface area contributed by atoms with Gasteiger partial charge in [-0.25, -0.2) is 4.79 Å². The van der Waals surface area contributed by atoms with Gasteiger partial charge in [0.25, 0.3) is 0 Å². The maximum absolute atomic E-state index is 10.8. The van der Waals surface area contributed by atoms with Crippen molar-refractivity contribution in [2.24, 2.45) is 5.73 Å². The second kappa shape index (κ2) is 7.33. The molecule has 0 saturated carbocycles. The fraction of sp³-hybridized carbons (Fsp3) is 0.235. The molecule has 21 heavy (non-hydrogen) atoms. The molecular formula is C17H21N3O. The normalized spacial score (nSPS) is 11.7. The van der Waals surface area contributed by atoms with Crippen LogP contribution in [0.5, 0.6) is 0 Å². The van der Waals surface area contributed by atoms with E-state index >= 15 is 0 Å². The molecule has 0 fully saturated rings. The smallest absolute Gasteiger partial charge is 0.316 e. The molecule has 4 N–H and O–H groups in total. The van der Waals surface area contributed by atoms with Crippen molar-refractivity contribution in [2.45, 2.75) is 25.8 Å². The summed E-state index contributed by atoms with van der Waals surface area (Å²) < 4.78 is 0. The predicted octanol–water partition coefficient (Wildman–Crippen LogP) is 4.13. The highest BCUT2D eigenvalue weighted by Crippen LogP contribution is 2.24. The summed E-state index contributed by atoms with van der Waals surface area (Å²) in [6.07, 6.45) is 2.17. The molecule has 110 valence electrons. The first-order valence-electron chi connectivity index (χ1n) is 7.17. The summed E-state index contributed by atoms with van der Waals surface area (Å²) in [5.41, 5.74) is 8.08. The molecule has 0 aliphatic carbocycles. The molecule has 4 heteroatoms. The van der Waals surface area contributed by atoms with E-state index in [-0.39, 0.29) is 6.04 Å². The summed E-state index contributed by atoms with van der Waals surface area (Å²) in [4.78, 5) is 10.8. The van der Waals surface area contributed by atoms with Gasteiger partial charge in [-0.3, -0.25) is 0 Å². The van der Waals surface area contributed by atoms with Crippen molar-refractivity contribution in [3.63, 3.8) is 0 Å². The lowest BCUT2D eigenvalue weighted by atomic mass is 10.0. The summed E-state index contributed by atoms with van der Waals surface area (Å²) in [7, 11) is 0. The number of carbonyl (C=O) groups is 1. The monoisotopic (exact) mass is 283 g/mol. The Balaban J connectivity index is 2.08. The molecule has 0 spiro atoms. The minimum absolute atomic E-state index is 0.283. The third-order valence-corrected chi connectivity index (χ3v) is 3.27. The molecular weight excluding hydrogens is 262 g/mol. The largest absolute Gasteiger partial charge is 0.378 e. The van der Waals surface area contributed by atoms with Gasteiger partial charge in [-0.1, -0.05) is 43.7 Å². The minimum atomic E-state index is -0.552. The van der Waals surface area contributed by atoms with Crippen molar-refractivity contribution in [1.82, 2.24) is 0 Å². The molecule has 1 unspecified atom stereocenters. The second-order valence-corrected chi connectivity index (χ2v) is 4.96. The van der Waals surface area contributed by atoms with Crippen LogP contribution in [0, 0.1) is 0 Å². The number of hydrogen-bond acceptors (Lipinski definition) is 2. The van der Waals surface area contributed by atoms with Gasteiger partial charge in [-0.2, -0.15) is 0 Å². The van der Waals surface area contributed by atoms with Crippen LogP contribution in [0.2, 0.25) is 0 Å². The molecule has 0 radical (unpaired) electrons. The second-order valence-electron chi connectivity index (χ2n) is 4.96. The van der Waals surface area contributed by atoms with Gasteiger partial charge in [0, 0.05) is 11.4 Å². The predicted molar refractivity (Wildman–Crippen MR) is 87.4 cm³/mol. The van der Waals surface area contributed by atoms with Crippen LogP contribution in [0.15, 0.2) is 54.6 Å². The van der Waals surface area contributed by atoms with Gasteiger partial charge in [0.05, 0.1) is 6.04 Å². The lowest BCUT2D eigenvalue weighted by molar-refractivity contribution is 0.259. The molecule has 1 atom stereocenters. The Morgan fingerprint density at radius 1 is 1.05 bits per heavy atom. The Kier molecular flexibility index (Phi) is 5.21. The quantitative estimate of drug-likeness (QED) is 0.746. The number of primary amides is 1. The summed E-state index contributed by atoms with van der Waals surface area (Å²) in [5.74, 6) is 0. The molecule has 0 aromatic heterocycles. The van der Waals surface area contributed by atoms with Crippen LogP contribution in [0.4, 0.5) is 16.2 Å². The molecule has 2 aromatic rings. The Hall–Kier alpha value is -2.49. The number of urea groups is 1. The first-order valence-corrected chi connectivity index (χ1v) is 7.17. The third kappa shape index (κ3) is 4.53. The summed E-state index contributed by atoms with van der Waals surface area (Å²) in [6, 6.07) is 17.7. The van der Waals surface area contributed by atoms with Crippen LogP contribution >= 0.6 is 0 Å². The summed E-state index contributed by atoms with van der Waals surface area (Å²) in [5, 5.41) is 6.09. The average Bonchev–Trinajstić information content (AvgIpc) is 2.49. The van der Waals surface area contributed by atoms with E-state index in [4.69, 9.17) is 5.73 Å². The van der Waals surface area contributed by atoms with Crippen molar-refractivity contribution in [2.75, 3.05) is 10.6 Å². The highest BCUT2D eigenvalue weighted by atomic mass is 16.2. The molecule has 0 bridgehead atoms. The lowest BCUT2D eigenvalue weighted by Crippen LogP contribution is -2.19. The topological polar surface area (TPSA) is 67.2 Å². The van der Waals surface area contributed by atoms with Crippen LogP contribution < -0.4 is 16.4 Å². The Labute approximate surface area is 125 Å². The molecule has 0 aliphatic heterocycles. The first kappa shape index (κ1) is 14.9. The van der Waals surface area contributed by atoms with Crippen molar-refractivity contribution >= 4 is 17.4 Å². The van der Waals surface area contributed by atoms with Gasteiger partial charge in [-0.15, -0.1) is 0 Å². The van der Waals surface area contributed by atoms with Crippen molar-refractivity contribution in [1.29, 1.82) is 0 Å². The fourth-order valence-electron chi connectivity index (χ4n) is 2.29. The summed E-state index contributed by atoms with van der Waals surface area (Å²) in [6.45, 7) is 2.18. The van der Waals surface area contributed by atoms with E-state index in [1.54, 1.807) is 0 Å². The molecule has 2 amide bonds. The lowest BCUT2D eigenvalue weighted by Gasteiger charge is -2.20. The number of benzene rings is 2. The van der Waals surface area contributed by atoms with Gasteiger partial charge in [-0.05, 0) is 36.2 Å². The van der Waals surface area contributed by atoms with Gasteiger partial charge in [0.2, 0.25) is 0 Å². The third-order valence-electron chi connectivity index (χ3n) is 3.27. The maximum atomic E-state index is 10.8. The summed E-state index contributed by atoms with van der Waals surface area (Å²) >= 11 is 0. The molecule has 2 rings (SSSR count). The number of nitrogens with two attached hydrogens (primary N) is 1. The number of nitrogens with one attached hydrogen (secondary N) is 2. The molecule has 2 aromatic carbocycles. The molecule has 0 aliphatic rings. The van der Waals surface area contributed by atoms with Crippen LogP contribution in [-0.4, -0.2) is 6.03 Å². The SMILES string of the molecule is CCCC(Nc1ccc(NC(N)=O)cc1)c1ccccc1. The van der Waals surface area contributed by atoms with E-state index in [1.807, 2.05) is 30.3 Å². The van der Waals surface area contributed by atoms with E-state index < -0.39 is 6.03 Å². The average molecular weight is 283 g/mol. The number of amides is 2. The number of hydrogen-bond donors (Lipinski definition) is 3.